The summed E-state index contributed by atoms with van der Waals surface area (Å²) in [6, 6.07) is 5.39. The van der Waals surface area contributed by atoms with E-state index in [1.165, 1.54) is 24.3 Å². The molecule has 1 aromatic rings. The van der Waals surface area contributed by atoms with Gasteiger partial charge in [0, 0.05) is 22.6 Å². The average Bonchev–Trinajstić information content (AvgIpc) is 2.38. The van der Waals surface area contributed by atoms with Gasteiger partial charge in [-0.15, -0.1) is 0 Å². The molecule has 1 heterocycles. The first-order valence-corrected chi connectivity index (χ1v) is 5.61. The number of benzene rings is 1. The highest BCUT2D eigenvalue weighted by atomic mass is 16.6. The molecule has 1 fully saturated rings. The van der Waals surface area contributed by atoms with Gasteiger partial charge in [0.25, 0.3) is 11.2 Å². The van der Waals surface area contributed by atoms with Gasteiger partial charge in [0.2, 0.25) is 0 Å². The molecule has 8 nitrogen and oxygen atoms in total. The molecule has 0 aromatic heterocycles. The van der Waals surface area contributed by atoms with Gasteiger partial charge in [0.1, 0.15) is 6.61 Å². The first-order valence-electron chi connectivity index (χ1n) is 5.61. The van der Waals surface area contributed by atoms with Crippen molar-refractivity contribution in [3.05, 3.63) is 50.1 Å². The summed E-state index contributed by atoms with van der Waals surface area (Å²) in [5.74, 6) is 0. The van der Waals surface area contributed by atoms with Crippen molar-refractivity contribution >= 4 is 5.69 Å². The van der Waals surface area contributed by atoms with Gasteiger partial charge < -0.3 is 4.74 Å². The van der Waals surface area contributed by atoms with Crippen LogP contribution in [-0.4, -0.2) is 41.7 Å². The average molecular weight is 267 g/mol. The predicted octanol–water partition coefficient (Wildman–Crippen LogP) is 0.986. The SMILES string of the molecule is CN1COCC(c2ccc([N+](=O)[O-])cc2)([N+](=O)[O-])C1. The Labute approximate surface area is 108 Å². The van der Waals surface area contributed by atoms with Crippen LogP contribution in [0, 0.1) is 20.2 Å². The number of nitro groups is 2. The number of hydrogen-bond acceptors (Lipinski definition) is 6. The van der Waals surface area contributed by atoms with Crippen molar-refractivity contribution in [2.75, 3.05) is 26.9 Å². The molecular weight excluding hydrogens is 254 g/mol. The number of non-ortho nitro benzene ring substituents is 1. The number of rotatable bonds is 3. The molecule has 1 aliphatic rings. The van der Waals surface area contributed by atoms with Gasteiger partial charge >= 0.3 is 0 Å². The second kappa shape index (κ2) is 4.90. The number of nitro benzene ring substituents is 1. The lowest BCUT2D eigenvalue weighted by atomic mass is 9.90. The van der Waals surface area contributed by atoms with E-state index in [9.17, 15) is 20.2 Å². The Kier molecular flexibility index (Phi) is 3.45. The van der Waals surface area contributed by atoms with Crippen LogP contribution in [0.3, 0.4) is 0 Å². The summed E-state index contributed by atoms with van der Waals surface area (Å²) in [6.07, 6.45) is 0. The van der Waals surface area contributed by atoms with Crippen LogP contribution in [0.4, 0.5) is 5.69 Å². The molecule has 0 N–H and O–H groups in total. The summed E-state index contributed by atoms with van der Waals surface area (Å²) in [4.78, 5) is 22.8. The van der Waals surface area contributed by atoms with Gasteiger partial charge in [-0.25, -0.2) is 0 Å². The summed E-state index contributed by atoms with van der Waals surface area (Å²) >= 11 is 0. The third kappa shape index (κ3) is 2.40. The van der Waals surface area contributed by atoms with Crippen LogP contribution in [0.1, 0.15) is 5.56 Å². The summed E-state index contributed by atoms with van der Waals surface area (Å²) in [5, 5.41) is 22.0. The molecule has 102 valence electrons. The molecule has 1 saturated heterocycles. The van der Waals surface area contributed by atoms with Crippen molar-refractivity contribution < 1.29 is 14.6 Å². The van der Waals surface area contributed by atoms with Crippen molar-refractivity contribution in [2.24, 2.45) is 0 Å². The first-order chi connectivity index (χ1) is 8.95. The lowest BCUT2D eigenvalue weighted by molar-refractivity contribution is -0.590. The zero-order chi connectivity index (χ0) is 14.0. The molecule has 1 atom stereocenters. The minimum atomic E-state index is -1.37. The Morgan fingerprint density at radius 1 is 1.26 bits per heavy atom. The first kappa shape index (κ1) is 13.4. The maximum atomic E-state index is 11.4. The Hall–Kier alpha value is -2.06. The normalized spacial score (nSPS) is 24.1. The molecule has 1 aliphatic heterocycles. The molecule has 1 aromatic carbocycles. The van der Waals surface area contributed by atoms with Crippen LogP contribution >= 0.6 is 0 Å². The number of nitrogens with zero attached hydrogens (tertiary/aromatic N) is 3. The molecule has 2 rings (SSSR count). The molecule has 19 heavy (non-hydrogen) atoms. The molecule has 0 saturated carbocycles. The summed E-state index contributed by atoms with van der Waals surface area (Å²) in [5.41, 5.74) is -1.05. The Bertz CT molecular complexity index is 504. The Morgan fingerprint density at radius 2 is 1.89 bits per heavy atom. The lowest BCUT2D eigenvalue weighted by Gasteiger charge is -2.34. The standard InChI is InChI=1S/C11H13N3O5/c1-12-6-11(14(17)18,7-19-8-12)9-2-4-10(5-3-9)13(15)16/h2-5H,6-8H2,1H3. The molecule has 0 spiro atoms. The van der Waals surface area contributed by atoms with E-state index in [1.54, 1.807) is 11.9 Å². The Morgan fingerprint density at radius 3 is 2.37 bits per heavy atom. The second-order valence-electron chi connectivity index (χ2n) is 4.58. The van der Waals surface area contributed by atoms with Crippen molar-refractivity contribution in [3.8, 4) is 0 Å². The lowest BCUT2D eigenvalue weighted by Crippen LogP contribution is -2.53. The quantitative estimate of drug-likeness (QED) is 0.598. The van der Waals surface area contributed by atoms with Crippen LogP contribution in [0.5, 0.6) is 0 Å². The van der Waals surface area contributed by atoms with Gasteiger partial charge in [-0.05, 0) is 19.2 Å². The molecule has 0 bridgehead atoms. The molecule has 8 heteroatoms. The fraction of sp³-hybridized carbons (Fsp3) is 0.455. The van der Waals surface area contributed by atoms with Crippen LogP contribution in [0.15, 0.2) is 24.3 Å². The summed E-state index contributed by atoms with van der Waals surface area (Å²) in [6.45, 7) is 0.503. The van der Waals surface area contributed by atoms with E-state index in [2.05, 4.69) is 0 Å². The van der Waals surface area contributed by atoms with E-state index in [4.69, 9.17) is 4.74 Å². The van der Waals surface area contributed by atoms with Gasteiger partial charge in [-0.3, -0.25) is 25.1 Å². The highest BCUT2D eigenvalue weighted by Gasteiger charge is 2.48. The van der Waals surface area contributed by atoms with E-state index in [-0.39, 0.29) is 23.8 Å². The molecule has 0 radical (unpaired) electrons. The highest BCUT2D eigenvalue weighted by Crippen LogP contribution is 2.30. The predicted molar refractivity (Wildman–Crippen MR) is 65.2 cm³/mol. The van der Waals surface area contributed by atoms with E-state index in [1.807, 2.05) is 0 Å². The van der Waals surface area contributed by atoms with E-state index in [0.717, 1.165) is 0 Å². The van der Waals surface area contributed by atoms with E-state index in [0.29, 0.717) is 12.3 Å². The van der Waals surface area contributed by atoms with Gasteiger partial charge in [0.15, 0.2) is 0 Å². The molecule has 0 amide bonds. The summed E-state index contributed by atoms with van der Waals surface area (Å²) < 4.78 is 5.24. The van der Waals surface area contributed by atoms with Crippen LogP contribution in [0.25, 0.3) is 0 Å². The fourth-order valence-corrected chi connectivity index (χ4v) is 2.19. The Balaban J connectivity index is 2.39. The molecule has 1 unspecified atom stereocenters. The second-order valence-corrected chi connectivity index (χ2v) is 4.58. The van der Waals surface area contributed by atoms with E-state index < -0.39 is 10.5 Å². The minimum Gasteiger partial charge on any atom is -0.358 e. The third-order valence-corrected chi connectivity index (χ3v) is 3.15. The molecular formula is C11H13N3O5. The topological polar surface area (TPSA) is 98.8 Å². The minimum absolute atomic E-state index is 0.0395. The van der Waals surface area contributed by atoms with Gasteiger partial charge in [0.05, 0.1) is 18.2 Å². The maximum Gasteiger partial charge on any atom is 0.282 e. The van der Waals surface area contributed by atoms with Crippen molar-refractivity contribution in [1.29, 1.82) is 0 Å². The molecule has 0 aliphatic carbocycles. The van der Waals surface area contributed by atoms with Gasteiger partial charge in [-0.1, -0.05) is 0 Å². The number of ether oxygens (including phenoxy) is 1. The van der Waals surface area contributed by atoms with Crippen molar-refractivity contribution in [1.82, 2.24) is 4.90 Å². The zero-order valence-corrected chi connectivity index (χ0v) is 10.3. The van der Waals surface area contributed by atoms with Crippen LogP contribution in [0.2, 0.25) is 0 Å². The number of hydrogen-bond donors (Lipinski definition) is 0. The monoisotopic (exact) mass is 267 g/mol. The smallest absolute Gasteiger partial charge is 0.282 e. The van der Waals surface area contributed by atoms with Crippen molar-refractivity contribution in [3.63, 3.8) is 0 Å². The summed E-state index contributed by atoms with van der Waals surface area (Å²) in [7, 11) is 1.72. The van der Waals surface area contributed by atoms with Gasteiger partial charge in [-0.2, -0.15) is 0 Å². The van der Waals surface area contributed by atoms with Crippen LogP contribution < -0.4 is 0 Å². The largest absolute Gasteiger partial charge is 0.358 e. The number of likely N-dealkylation sites (N-methyl/N-ethyl adjacent to an activating group) is 1. The fourth-order valence-electron chi connectivity index (χ4n) is 2.19. The zero-order valence-electron chi connectivity index (χ0n) is 10.3. The van der Waals surface area contributed by atoms with E-state index >= 15 is 0 Å². The van der Waals surface area contributed by atoms with Crippen molar-refractivity contribution in [2.45, 2.75) is 5.54 Å². The third-order valence-electron chi connectivity index (χ3n) is 3.15. The highest BCUT2D eigenvalue weighted by molar-refractivity contribution is 5.35. The maximum absolute atomic E-state index is 11.4. The van der Waals surface area contributed by atoms with Crippen LogP contribution in [-0.2, 0) is 10.3 Å².